The van der Waals surface area contributed by atoms with Crippen LogP contribution >= 0.6 is 11.5 Å². The van der Waals surface area contributed by atoms with Gasteiger partial charge in [0.25, 0.3) is 0 Å². The quantitative estimate of drug-likeness (QED) is 0.425. The Balaban J connectivity index is 1.58. The minimum absolute atomic E-state index is 0.00949. The molecular weight excluding hydrogens is 407 g/mol. The molecule has 9 heteroatoms. The lowest BCUT2D eigenvalue weighted by molar-refractivity contribution is 0.101. The van der Waals surface area contributed by atoms with Crippen LogP contribution in [0.5, 0.6) is 11.5 Å². The lowest BCUT2D eigenvalue weighted by atomic mass is 10.1. The molecule has 7 nitrogen and oxygen atoms in total. The Kier molecular flexibility index (Phi) is 5.37. The lowest BCUT2D eigenvalue weighted by Crippen LogP contribution is -2.14. The minimum Gasteiger partial charge on any atom is -0.495 e. The molecule has 2 N–H and O–H groups in total. The van der Waals surface area contributed by atoms with Gasteiger partial charge in [0.15, 0.2) is 17.3 Å². The normalized spacial score (nSPS) is 10.9. The molecule has 0 bridgehead atoms. The molecule has 2 aromatic carbocycles. The summed E-state index contributed by atoms with van der Waals surface area (Å²) in [5.41, 5.74) is 2.55. The highest BCUT2D eigenvalue weighted by atomic mass is 32.1. The predicted octanol–water partition coefficient (Wildman–Crippen LogP) is 4.45. The van der Waals surface area contributed by atoms with Crippen LogP contribution in [0.15, 0.2) is 36.5 Å². The number of nitrogens with zero attached hydrogens (tertiary/aromatic N) is 2. The third kappa shape index (κ3) is 3.71. The van der Waals surface area contributed by atoms with Crippen molar-refractivity contribution < 1.29 is 18.7 Å². The van der Waals surface area contributed by atoms with E-state index in [0.29, 0.717) is 33.7 Å². The van der Waals surface area contributed by atoms with Crippen LogP contribution in [0.3, 0.4) is 0 Å². The van der Waals surface area contributed by atoms with Gasteiger partial charge >= 0.3 is 0 Å². The number of rotatable bonds is 7. The third-order valence-electron chi connectivity index (χ3n) is 4.67. The lowest BCUT2D eigenvalue weighted by Gasteiger charge is -2.12. The van der Waals surface area contributed by atoms with Crippen molar-refractivity contribution in [3.05, 3.63) is 53.7 Å². The number of ketones is 1. The van der Waals surface area contributed by atoms with Crippen molar-refractivity contribution in [3.8, 4) is 22.1 Å². The number of fused-ring (bicyclic) bond motifs is 1. The van der Waals surface area contributed by atoms with Gasteiger partial charge in [0.2, 0.25) is 0 Å². The number of aromatic amines is 1. The van der Waals surface area contributed by atoms with E-state index in [1.165, 1.54) is 30.8 Å². The van der Waals surface area contributed by atoms with Crippen LogP contribution in [0.2, 0.25) is 0 Å². The van der Waals surface area contributed by atoms with Crippen LogP contribution in [0.1, 0.15) is 16.2 Å². The van der Waals surface area contributed by atoms with E-state index in [2.05, 4.69) is 19.7 Å². The van der Waals surface area contributed by atoms with Gasteiger partial charge in [-0.2, -0.15) is 4.37 Å². The molecule has 0 saturated heterocycles. The fraction of sp³-hybridized carbons (Fsp3) is 0.190. The Hall–Kier alpha value is -3.46. The maximum atomic E-state index is 14.1. The van der Waals surface area contributed by atoms with E-state index in [1.54, 1.807) is 13.3 Å². The second-order valence-electron chi connectivity index (χ2n) is 6.57. The number of aromatic nitrogens is 3. The highest BCUT2D eigenvalue weighted by molar-refractivity contribution is 7.09. The summed E-state index contributed by atoms with van der Waals surface area (Å²) in [6.45, 7) is 1.84. The topological polar surface area (TPSA) is 89.1 Å². The van der Waals surface area contributed by atoms with Crippen LogP contribution < -0.4 is 14.8 Å². The molecule has 0 amide bonds. The summed E-state index contributed by atoms with van der Waals surface area (Å²) >= 11 is 1.31. The van der Waals surface area contributed by atoms with Crippen molar-refractivity contribution in [2.24, 2.45) is 0 Å². The van der Waals surface area contributed by atoms with Crippen LogP contribution in [0.4, 0.5) is 10.1 Å². The first kappa shape index (κ1) is 19.8. The Morgan fingerprint density at radius 3 is 2.70 bits per heavy atom. The SMILES string of the molecule is COc1cc2[nH]cc(C(=O)CNc3cc(-c4nc(C)ns4)ccc3OC)c2cc1F. The summed E-state index contributed by atoms with van der Waals surface area (Å²) < 4.78 is 28.7. The van der Waals surface area contributed by atoms with Gasteiger partial charge in [-0.05, 0) is 42.7 Å². The standard InChI is InChI=1S/C21H19FN4O3S/c1-11-25-21(30-26-11)12-4-5-19(28-2)17(6-12)24-10-18(27)14-9-23-16-8-20(29-3)15(22)7-13(14)16/h4-9,23-24H,10H2,1-3H3. The molecule has 0 aliphatic heterocycles. The average Bonchev–Trinajstić information content (AvgIpc) is 3.37. The monoisotopic (exact) mass is 426 g/mol. The molecule has 30 heavy (non-hydrogen) atoms. The molecule has 154 valence electrons. The molecule has 2 aromatic heterocycles. The summed E-state index contributed by atoms with van der Waals surface area (Å²) in [4.78, 5) is 20.2. The second-order valence-corrected chi connectivity index (χ2v) is 7.33. The van der Waals surface area contributed by atoms with Gasteiger partial charge in [-0.3, -0.25) is 4.79 Å². The third-order valence-corrected chi connectivity index (χ3v) is 5.52. The number of benzene rings is 2. The molecule has 4 rings (SSSR count). The predicted molar refractivity (Wildman–Crippen MR) is 114 cm³/mol. The van der Waals surface area contributed by atoms with E-state index < -0.39 is 5.82 Å². The zero-order valence-corrected chi connectivity index (χ0v) is 17.4. The number of anilines is 1. The number of hydrogen-bond acceptors (Lipinski definition) is 7. The first-order valence-corrected chi connectivity index (χ1v) is 9.88. The Morgan fingerprint density at radius 2 is 2.00 bits per heavy atom. The molecule has 0 saturated carbocycles. The maximum Gasteiger partial charge on any atom is 0.184 e. The Bertz CT molecular complexity index is 1230. The molecule has 4 aromatic rings. The number of methoxy groups -OCH3 is 2. The number of ether oxygens (including phenoxy) is 2. The van der Waals surface area contributed by atoms with Gasteiger partial charge in [0.05, 0.1) is 32.0 Å². The number of Topliss-reactive ketones (excluding diaryl/α,β-unsaturated/α-hetero) is 1. The summed E-state index contributed by atoms with van der Waals surface area (Å²) in [5, 5.41) is 4.41. The number of nitrogens with one attached hydrogen (secondary N) is 2. The van der Waals surface area contributed by atoms with Crippen LogP contribution in [0, 0.1) is 12.7 Å². The van der Waals surface area contributed by atoms with Crippen LogP contribution in [0.25, 0.3) is 21.5 Å². The van der Waals surface area contributed by atoms with E-state index in [9.17, 15) is 9.18 Å². The van der Waals surface area contributed by atoms with Crippen LogP contribution in [-0.2, 0) is 0 Å². The largest absolute Gasteiger partial charge is 0.495 e. The van der Waals surface area contributed by atoms with Gasteiger partial charge in [-0.1, -0.05) is 0 Å². The maximum absolute atomic E-state index is 14.1. The number of carbonyl (C=O) groups excluding carboxylic acids is 1. The van der Waals surface area contributed by atoms with Crippen molar-refractivity contribution >= 4 is 33.9 Å². The molecule has 2 heterocycles. The number of carbonyl (C=O) groups is 1. The van der Waals surface area contributed by atoms with Gasteiger partial charge in [0.1, 0.15) is 16.6 Å². The molecule has 0 atom stereocenters. The molecule has 0 aliphatic rings. The molecule has 0 fully saturated rings. The molecule has 0 unspecified atom stereocenters. The smallest absolute Gasteiger partial charge is 0.184 e. The van der Waals surface area contributed by atoms with E-state index in [0.717, 1.165) is 10.6 Å². The van der Waals surface area contributed by atoms with Gasteiger partial charge in [-0.15, -0.1) is 0 Å². The van der Waals surface area contributed by atoms with E-state index in [-0.39, 0.29) is 18.1 Å². The average molecular weight is 426 g/mol. The zero-order valence-electron chi connectivity index (χ0n) is 16.6. The molecule has 0 radical (unpaired) electrons. The molecule has 0 spiro atoms. The van der Waals surface area contributed by atoms with Crippen molar-refractivity contribution in [1.82, 2.24) is 14.3 Å². The van der Waals surface area contributed by atoms with Gasteiger partial charge in [-0.25, -0.2) is 9.37 Å². The van der Waals surface area contributed by atoms with Gasteiger partial charge in [0, 0.05) is 28.8 Å². The summed E-state index contributed by atoms with van der Waals surface area (Å²) in [5.74, 6) is 0.717. The van der Waals surface area contributed by atoms with Crippen LogP contribution in [-0.4, -0.2) is 40.9 Å². The van der Waals surface area contributed by atoms with Crippen molar-refractivity contribution in [2.75, 3.05) is 26.1 Å². The molecule has 0 aliphatic carbocycles. The first-order valence-electron chi connectivity index (χ1n) is 9.10. The first-order chi connectivity index (χ1) is 14.5. The zero-order chi connectivity index (χ0) is 21.3. The number of hydrogen-bond donors (Lipinski definition) is 2. The number of halogens is 1. The van der Waals surface area contributed by atoms with E-state index in [1.807, 2.05) is 25.1 Å². The summed E-state index contributed by atoms with van der Waals surface area (Å²) in [6, 6.07) is 8.40. The highest BCUT2D eigenvalue weighted by Crippen LogP contribution is 2.32. The number of H-pyrrole nitrogens is 1. The summed E-state index contributed by atoms with van der Waals surface area (Å²) in [7, 11) is 2.96. The van der Waals surface area contributed by atoms with E-state index >= 15 is 0 Å². The van der Waals surface area contributed by atoms with Crippen molar-refractivity contribution in [3.63, 3.8) is 0 Å². The summed E-state index contributed by atoms with van der Waals surface area (Å²) in [6.07, 6.45) is 1.57. The Morgan fingerprint density at radius 1 is 1.20 bits per heavy atom. The van der Waals surface area contributed by atoms with Crippen molar-refractivity contribution in [2.45, 2.75) is 6.92 Å². The van der Waals surface area contributed by atoms with E-state index in [4.69, 9.17) is 9.47 Å². The number of aryl methyl sites for hydroxylation is 1. The second kappa shape index (κ2) is 8.11. The fourth-order valence-corrected chi connectivity index (χ4v) is 3.84. The highest BCUT2D eigenvalue weighted by Gasteiger charge is 2.16. The minimum atomic E-state index is -0.520. The Labute approximate surface area is 176 Å². The van der Waals surface area contributed by atoms with Crippen molar-refractivity contribution in [1.29, 1.82) is 0 Å². The van der Waals surface area contributed by atoms with Gasteiger partial charge < -0.3 is 19.8 Å². The fourth-order valence-electron chi connectivity index (χ4n) is 3.17. The molecular formula is C21H19FN4O3S.